The number of nitrogens with one attached hydrogen (secondary N) is 2. The summed E-state index contributed by atoms with van der Waals surface area (Å²) in [6.07, 6.45) is 2.73. The van der Waals surface area contributed by atoms with Gasteiger partial charge in [-0.15, -0.1) is 0 Å². The zero-order chi connectivity index (χ0) is 15.5. The number of hydrogen-bond acceptors (Lipinski definition) is 5. The highest BCUT2D eigenvalue weighted by Gasteiger charge is 2.19. The summed E-state index contributed by atoms with van der Waals surface area (Å²) in [4.78, 5) is 3.82. The number of benzene rings is 1. The largest absolute Gasteiger partial charge is 0.387 e. The number of rotatable bonds is 4. The highest BCUT2D eigenvalue weighted by molar-refractivity contribution is 7.92. The zero-order valence-electron chi connectivity index (χ0n) is 11.0. The lowest BCUT2D eigenvalue weighted by atomic mass is 10.2. The van der Waals surface area contributed by atoms with Crippen LogP contribution in [0.4, 0.5) is 11.4 Å². The second-order valence-electron chi connectivity index (χ2n) is 4.03. The van der Waals surface area contributed by atoms with E-state index in [1.807, 2.05) is 6.07 Å². The van der Waals surface area contributed by atoms with Crippen molar-refractivity contribution < 1.29 is 8.42 Å². The second kappa shape index (κ2) is 5.99. The predicted molar refractivity (Wildman–Crippen MR) is 80.8 cm³/mol. The Morgan fingerprint density at radius 1 is 1.29 bits per heavy atom. The lowest BCUT2D eigenvalue weighted by Crippen LogP contribution is -2.15. The molecule has 8 heteroatoms. The van der Waals surface area contributed by atoms with E-state index < -0.39 is 10.0 Å². The molecule has 2 aromatic rings. The molecule has 21 heavy (non-hydrogen) atoms. The average molecular weight is 323 g/mol. The van der Waals surface area contributed by atoms with Gasteiger partial charge in [0.2, 0.25) is 0 Å². The number of pyridine rings is 1. The van der Waals surface area contributed by atoms with Crippen molar-refractivity contribution in [2.24, 2.45) is 0 Å². The first kappa shape index (κ1) is 15.1. The standard InChI is InChI=1S/C13H11ClN4O2S/c1-16-12-4-5-17-8-13(12)21(19,20)18-11-3-2-9(7-15)6-10(11)14/h2-6,8,18H,1H3,(H,16,17). The van der Waals surface area contributed by atoms with Crippen LogP contribution in [0.1, 0.15) is 5.56 Å². The molecule has 6 nitrogen and oxygen atoms in total. The predicted octanol–water partition coefficient (Wildman–Crippen LogP) is 2.45. The van der Waals surface area contributed by atoms with E-state index in [2.05, 4.69) is 15.0 Å². The summed E-state index contributed by atoms with van der Waals surface area (Å²) < 4.78 is 27.1. The molecule has 1 heterocycles. The van der Waals surface area contributed by atoms with Gasteiger partial charge < -0.3 is 5.32 Å². The highest BCUT2D eigenvalue weighted by Crippen LogP contribution is 2.27. The van der Waals surface area contributed by atoms with E-state index in [1.165, 1.54) is 30.6 Å². The van der Waals surface area contributed by atoms with Crippen molar-refractivity contribution in [3.05, 3.63) is 47.2 Å². The molecule has 0 radical (unpaired) electrons. The Morgan fingerprint density at radius 2 is 2.05 bits per heavy atom. The van der Waals surface area contributed by atoms with Crippen molar-refractivity contribution in [3.63, 3.8) is 0 Å². The SMILES string of the molecule is CNc1ccncc1S(=O)(=O)Nc1ccc(C#N)cc1Cl. The van der Waals surface area contributed by atoms with Gasteiger partial charge >= 0.3 is 0 Å². The summed E-state index contributed by atoms with van der Waals surface area (Å²) in [6.45, 7) is 0. The number of sulfonamides is 1. The van der Waals surface area contributed by atoms with Crippen LogP contribution >= 0.6 is 11.6 Å². The molecule has 1 aromatic carbocycles. The molecule has 2 N–H and O–H groups in total. The fourth-order valence-electron chi connectivity index (χ4n) is 1.67. The number of hydrogen-bond donors (Lipinski definition) is 2. The topological polar surface area (TPSA) is 94.9 Å². The first-order valence-electron chi connectivity index (χ1n) is 5.82. The summed E-state index contributed by atoms with van der Waals surface area (Å²) in [6, 6.07) is 7.78. The van der Waals surface area contributed by atoms with Gasteiger partial charge in [0.25, 0.3) is 10.0 Å². The Kier molecular flexibility index (Phi) is 4.31. The Balaban J connectivity index is 2.41. The minimum atomic E-state index is -3.84. The maximum absolute atomic E-state index is 12.4. The molecule has 0 fully saturated rings. The van der Waals surface area contributed by atoms with Crippen LogP contribution in [0.25, 0.3) is 0 Å². The van der Waals surface area contributed by atoms with Crippen LogP contribution in [-0.4, -0.2) is 20.4 Å². The fraction of sp³-hybridized carbons (Fsp3) is 0.0769. The molecule has 0 bridgehead atoms. The number of nitrogens with zero attached hydrogens (tertiary/aromatic N) is 2. The summed E-state index contributed by atoms with van der Waals surface area (Å²) in [7, 11) is -2.23. The Morgan fingerprint density at radius 3 is 2.67 bits per heavy atom. The van der Waals surface area contributed by atoms with Crippen molar-refractivity contribution in [1.29, 1.82) is 5.26 Å². The van der Waals surface area contributed by atoms with E-state index in [-0.39, 0.29) is 15.6 Å². The van der Waals surface area contributed by atoms with Gasteiger partial charge in [-0.25, -0.2) is 8.42 Å². The summed E-state index contributed by atoms with van der Waals surface area (Å²) in [5, 5.41) is 11.7. The molecular weight excluding hydrogens is 312 g/mol. The molecule has 1 aromatic heterocycles. The van der Waals surface area contributed by atoms with Crippen LogP contribution in [0.5, 0.6) is 0 Å². The van der Waals surface area contributed by atoms with Crippen molar-refractivity contribution >= 4 is 33.0 Å². The fourth-order valence-corrected chi connectivity index (χ4v) is 3.19. The normalized spacial score (nSPS) is 10.7. The third kappa shape index (κ3) is 3.24. The van der Waals surface area contributed by atoms with Crippen LogP contribution in [0, 0.1) is 11.3 Å². The van der Waals surface area contributed by atoms with E-state index in [0.717, 1.165) is 0 Å². The van der Waals surface area contributed by atoms with E-state index >= 15 is 0 Å². The van der Waals surface area contributed by atoms with Gasteiger partial charge in [-0.05, 0) is 24.3 Å². The Labute approximate surface area is 127 Å². The van der Waals surface area contributed by atoms with Crippen LogP contribution in [0.2, 0.25) is 5.02 Å². The van der Waals surface area contributed by atoms with Crippen molar-refractivity contribution in [2.45, 2.75) is 4.90 Å². The third-order valence-electron chi connectivity index (χ3n) is 2.69. The molecule has 0 atom stereocenters. The Hall–Kier alpha value is -2.30. The van der Waals surface area contributed by atoms with Gasteiger partial charge in [0.05, 0.1) is 28.0 Å². The molecule has 0 spiro atoms. The minimum Gasteiger partial charge on any atom is -0.387 e. The number of nitriles is 1. The molecule has 0 unspecified atom stereocenters. The smallest absolute Gasteiger partial charge is 0.265 e. The monoisotopic (exact) mass is 322 g/mol. The van der Waals surface area contributed by atoms with Gasteiger partial charge in [-0.2, -0.15) is 5.26 Å². The average Bonchev–Trinajstić information content (AvgIpc) is 2.49. The molecule has 0 aliphatic rings. The van der Waals surface area contributed by atoms with E-state index in [1.54, 1.807) is 13.1 Å². The van der Waals surface area contributed by atoms with Crippen molar-refractivity contribution in [1.82, 2.24) is 4.98 Å². The first-order chi connectivity index (χ1) is 9.97. The van der Waals surface area contributed by atoms with Crippen LogP contribution in [-0.2, 0) is 10.0 Å². The van der Waals surface area contributed by atoms with Crippen LogP contribution in [0.3, 0.4) is 0 Å². The van der Waals surface area contributed by atoms with Gasteiger partial charge in [0.15, 0.2) is 0 Å². The highest BCUT2D eigenvalue weighted by atomic mass is 35.5. The van der Waals surface area contributed by atoms with E-state index in [4.69, 9.17) is 16.9 Å². The molecule has 0 aliphatic carbocycles. The summed E-state index contributed by atoms with van der Waals surface area (Å²) in [5.41, 5.74) is 0.962. The third-order valence-corrected chi connectivity index (χ3v) is 4.39. The van der Waals surface area contributed by atoms with E-state index in [9.17, 15) is 8.42 Å². The van der Waals surface area contributed by atoms with Crippen LogP contribution < -0.4 is 10.0 Å². The number of halogens is 1. The molecular formula is C13H11ClN4O2S. The van der Waals surface area contributed by atoms with E-state index in [0.29, 0.717) is 11.3 Å². The van der Waals surface area contributed by atoms with Crippen molar-refractivity contribution in [3.8, 4) is 6.07 Å². The lowest BCUT2D eigenvalue weighted by molar-refractivity contribution is 0.601. The minimum absolute atomic E-state index is 0.00734. The molecule has 0 aliphatic heterocycles. The van der Waals surface area contributed by atoms with Gasteiger partial charge in [-0.1, -0.05) is 11.6 Å². The van der Waals surface area contributed by atoms with Gasteiger partial charge in [0, 0.05) is 19.4 Å². The van der Waals surface area contributed by atoms with Gasteiger partial charge in [-0.3, -0.25) is 9.71 Å². The molecule has 0 saturated heterocycles. The molecule has 0 amide bonds. The maximum atomic E-state index is 12.4. The van der Waals surface area contributed by atoms with Crippen molar-refractivity contribution in [2.75, 3.05) is 17.1 Å². The number of aromatic nitrogens is 1. The second-order valence-corrected chi connectivity index (χ2v) is 6.09. The number of anilines is 2. The maximum Gasteiger partial charge on any atom is 0.265 e. The quantitative estimate of drug-likeness (QED) is 0.901. The zero-order valence-corrected chi connectivity index (χ0v) is 12.5. The first-order valence-corrected chi connectivity index (χ1v) is 7.68. The summed E-state index contributed by atoms with van der Waals surface area (Å²) in [5.74, 6) is 0. The Bertz CT molecular complexity index is 815. The van der Waals surface area contributed by atoms with Crippen LogP contribution in [0.15, 0.2) is 41.6 Å². The molecule has 0 saturated carbocycles. The summed E-state index contributed by atoms with van der Waals surface area (Å²) >= 11 is 5.97. The van der Waals surface area contributed by atoms with Gasteiger partial charge in [0.1, 0.15) is 4.90 Å². The molecule has 2 rings (SSSR count). The lowest BCUT2D eigenvalue weighted by Gasteiger charge is -2.12. The molecule has 108 valence electrons.